The zero-order valence-electron chi connectivity index (χ0n) is 7.03. The van der Waals surface area contributed by atoms with E-state index in [1.54, 1.807) is 6.92 Å². The molecule has 1 unspecified atom stereocenters. The average Bonchev–Trinajstić information content (AvgIpc) is 2.16. The summed E-state index contributed by atoms with van der Waals surface area (Å²) in [6.07, 6.45) is -0.548. The molecule has 1 N–H and O–H groups in total. The first-order valence-electron chi connectivity index (χ1n) is 3.58. The lowest BCUT2D eigenvalue weighted by Crippen LogP contribution is -2.43. The van der Waals surface area contributed by atoms with Gasteiger partial charge >= 0.3 is 12.1 Å². The Bertz CT molecular complexity index is 227. The van der Waals surface area contributed by atoms with Crippen molar-refractivity contribution in [2.75, 3.05) is 13.7 Å². The van der Waals surface area contributed by atoms with Crippen LogP contribution in [-0.2, 0) is 9.53 Å². The summed E-state index contributed by atoms with van der Waals surface area (Å²) in [5.74, 6) is -0.928. The first-order valence-corrected chi connectivity index (χ1v) is 3.58. The van der Waals surface area contributed by atoms with Crippen LogP contribution in [0, 0.1) is 0 Å². The van der Waals surface area contributed by atoms with Gasteiger partial charge in [-0.15, -0.1) is 0 Å². The Hall–Kier alpha value is -1.26. The van der Waals surface area contributed by atoms with Crippen LogP contribution in [0.25, 0.3) is 0 Å². The second-order valence-electron chi connectivity index (χ2n) is 3.18. The first-order chi connectivity index (χ1) is 5.46. The Balaban J connectivity index is 2.72. The van der Waals surface area contributed by atoms with Crippen LogP contribution in [0.2, 0.25) is 0 Å². The Kier molecular flexibility index (Phi) is 1.95. The summed E-state index contributed by atoms with van der Waals surface area (Å²) in [7, 11) is 1.54. The van der Waals surface area contributed by atoms with Gasteiger partial charge in [0.1, 0.15) is 6.61 Å². The molecule has 0 aromatic heterocycles. The summed E-state index contributed by atoms with van der Waals surface area (Å²) >= 11 is 0. The Morgan fingerprint density at radius 3 is 2.75 bits per heavy atom. The second-order valence-corrected chi connectivity index (χ2v) is 3.18. The third-order valence-corrected chi connectivity index (χ3v) is 2.12. The van der Waals surface area contributed by atoms with Crippen molar-refractivity contribution in [1.29, 1.82) is 0 Å². The normalized spacial score (nSPS) is 28.8. The third kappa shape index (κ3) is 1.34. The van der Waals surface area contributed by atoms with Gasteiger partial charge < -0.3 is 14.7 Å². The van der Waals surface area contributed by atoms with Crippen LogP contribution in [0.4, 0.5) is 4.79 Å². The van der Waals surface area contributed by atoms with Crippen LogP contribution < -0.4 is 0 Å². The zero-order chi connectivity index (χ0) is 9.35. The summed E-state index contributed by atoms with van der Waals surface area (Å²) < 4.78 is 4.71. The summed E-state index contributed by atoms with van der Waals surface area (Å²) in [6, 6.07) is 0. The number of carbonyl (C=O) groups is 2. The molecule has 12 heavy (non-hydrogen) atoms. The van der Waals surface area contributed by atoms with Crippen molar-refractivity contribution in [3.05, 3.63) is 0 Å². The molecule has 5 heteroatoms. The summed E-state index contributed by atoms with van der Waals surface area (Å²) in [5, 5.41) is 8.55. The molecule has 5 nitrogen and oxygen atoms in total. The molecule has 1 heterocycles. The largest absolute Gasteiger partial charge is 0.481 e. The number of carbonyl (C=O) groups excluding carboxylic acids is 1. The molecule has 0 aliphatic carbocycles. The molecule has 0 spiro atoms. The molecule has 1 aliphatic heterocycles. The zero-order valence-corrected chi connectivity index (χ0v) is 7.03. The van der Waals surface area contributed by atoms with Gasteiger partial charge in [-0.3, -0.25) is 4.79 Å². The number of ether oxygens (including phenoxy) is 1. The van der Waals surface area contributed by atoms with Gasteiger partial charge in [0.15, 0.2) is 0 Å². The molecule has 1 aliphatic rings. The van der Waals surface area contributed by atoms with Crippen LogP contribution in [0.3, 0.4) is 0 Å². The summed E-state index contributed by atoms with van der Waals surface area (Å²) in [5.41, 5.74) is -0.692. The van der Waals surface area contributed by atoms with E-state index >= 15 is 0 Å². The molecule has 0 saturated carbocycles. The van der Waals surface area contributed by atoms with E-state index in [1.807, 2.05) is 0 Å². The lowest BCUT2D eigenvalue weighted by molar-refractivity contribution is -0.139. The third-order valence-electron chi connectivity index (χ3n) is 2.12. The number of likely N-dealkylation sites (N-methyl/N-ethyl adjacent to an activating group) is 1. The number of rotatable bonds is 2. The fraction of sp³-hybridized carbons (Fsp3) is 0.714. The van der Waals surface area contributed by atoms with Gasteiger partial charge in [-0.2, -0.15) is 0 Å². The van der Waals surface area contributed by atoms with Crippen molar-refractivity contribution in [3.63, 3.8) is 0 Å². The predicted octanol–water partition coefficient (Wildman–Crippen LogP) is 0.302. The van der Waals surface area contributed by atoms with Gasteiger partial charge in [0.25, 0.3) is 0 Å². The maximum Gasteiger partial charge on any atom is 0.410 e. The first kappa shape index (κ1) is 8.83. The molecule has 1 amide bonds. The van der Waals surface area contributed by atoms with E-state index < -0.39 is 17.6 Å². The number of hydrogen-bond donors (Lipinski definition) is 1. The minimum absolute atomic E-state index is 0.0881. The van der Waals surface area contributed by atoms with Crippen LogP contribution in [0.5, 0.6) is 0 Å². The van der Waals surface area contributed by atoms with Gasteiger partial charge in [0.2, 0.25) is 0 Å². The number of carboxylic acid groups (broad SMARTS) is 1. The van der Waals surface area contributed by atoms with Gasteiger partial charge in [0.05, 0.1) is 12.0 Å². The van der Waals surface area contributed by atoms with Gasteiger partial charge in [-0.05, 0) is 6.92 Å². The standard InChI is InChI=1S/C7H11NO4/c1-7(3-5(9)10)4-12-6(11)8(7)2/h3-4H2,1-2H3,(H,9,10). The molecule has 1 atom stereocenters. The lowest BCUT2D eigenvalue weighted by atomic mass is 9.99. The molecule has 0 aromatic carbocycles. The minimum Gasteiger partial charge on any atom is -0.481 e. The Morgan fingerprint density at radius 1 is 1.83 bits per heavy atom. The highest BCUT2D eigenvalue weighted by atomic mass is 16.6. The lowest BCUT2D eigenvalue weighted by Gasteiger charge is -2.26. The molecular weight excluding hydrogens is 162 g/mol. The maximum absolute atomic E-state index is 10.9. The fourth-order valence-corrected chi connectivity index (χ4v) is 1.13. The van der Waals surface area contributed by atoms with Crippen LogP contribution in [0.1, 0.15) is 13.3 Å². The van der Waals surface area contributed by atoms with E-state index in [-0.39, 0.29) is 13.0 Å². The molecule has 0 radical (unpaired) electrons. The van der Waals surface area contributed by atoms with E-state index in [9.17, 15) is 9.59 Å². The quantitative estimate of drug-likeness (QED) is 0.652. The smallest absolute Gasteiger partial charge is 0.410 e. The number of carboxylic acids is 1. The Labute approximate surface area is 69.9 Å². The van der Waals surface area contributed by atoms with Crippen LogP contribution in [-0.4, -0.2) is 41.3 Å². The van der Waals surface area contributed by atoms with Crippen molar-refractivity contribution in [2.24, 2.45) is 0 Å². The minimum atomic E-state index is -0.928. The molecule has 1 saturated heterocycles. The molecule has 0 bridgehead atoms. The van der Waals surface area contributed by atoms with E-state index in [2.05, 4.69) is 0 Å². The maximum atomic E-state index is 10.9. The molecule has 68 valence electrons. The van der Waals surface area contributed by atoms with Crippen molar-refractivity contribution in [3.8, 4) is 0 Å². The topological polar surface area (TPSA) is 66.8 Å². The summed E-state index contributed by atoms with van der Waals surface area (Å²) in [4.78, 5) is 22.6. The van der Waals surface area contributed by atoms with E-state index in [4.69, 9.17) is 9.84 Å². The van der Waals surface area contributed by atoms with Gasteiger partial charge in [0, 0.05) is 7.05 Å². The highest BCUT2D eigenvalue weighted by Gasteiger charge is 2.42. The molecule has 1 fully saturated rings. The van der Waals surface area contributed by atoms with Crippen molar-refractivity contribution >= 4 is 12.1 Å². The number of hydrogen-bond acceptors (Lipinski definition) is 3. The van der Waals surface area contributed by atoms with Crippen molar-refractivity contribution in [2.45, 2.75) is 18.9 Å². The fourth-order valence-electron chi connectivity index (χ4n) is 1.13. The van der Waals surface area contributed by atoms with Gasteiger partial charge in [-0.25, -0.2) is 4.79 Å². The molecule has 1 rings (SSSR count). The molecule has 0 aromatic rings. The van der Waals surface area contributed by atoms with Crippen LogP contribution in [0.15, 0.2) is 0 Å². The number of nitrogens with zero attached hydrogens (tertiary/aromatic N) is 1. The molecular formula is C7H11NO4. The predicted molar refractivity (Wildman–Crippen MR) is 39.8 cm³/mol. The highest BCUT2D eigenvalue weighted by molar-refractivity contribution is 5.74. The Morgan fingerprint density at radius 2 is 2.42 bits per heavy atom. The van der Waals surface area contributed by atoms with Gasteiger partial charge in [-0.1, -0.05) is 0 Å². The SMILES string of the molecule is CN1C(=O)OCC1(C)CC(=O)O. The highest BCUT2D eigenvalue weighted by Crippen LogP contribution is 2.25. The van der Waals surface area contributed by atoms with E-state index in [1.165, 1.54) is 11.9 Å². The average molecular weight is 173 g/mol. The number of cyclic esters (lactones) is 1. The van der Waals surface area contributed by atoms with E-state index in [0.29, 0.717) is 0 Å². The summed E-state index contributed by atoms with van der Waals surface area (Å²) in [6.45, 7) is 1.83. The van der Waals surface area contributed by atoms with E-state index in [0.717, 1.165) is 0 Å². The second kappa shape index (κ2) is 2.66. The van der Waals surface area contributed by atoms with Crippen molar-refractivity contribution in [1.82, 2.24) is 4.90 Å². The van der Waals surface area contributed by atoms with Crippen molar-refractivity contribution < 1.29 is 19.4 Å². The number of amides is 1. The number of aliphatic carboxylic acids is 1. The van der Waals surface area contributed by atoms with Crippen LogP contribution >= 0.6 is 0 Å². The monoisotopic (exact) mass is 173 g/mol.